The van der Waals surface area contributed by atoms with Crippen molar-refractivity contribution in [2.24, 2.45) is 10.9 Å². The number of fused-ring (bicyclic) bond motifs is 1. The molecule has 0 spiro atoms. The molecule has 5 rings (SSSR count). The molecule has 0 bridgehead atoms. The normalized spacial score (nSPS) is 25.4. The van der Waals surface area contributed by atoms with Crippen molar-refractivity contribution < 1.29 is 14.3 Å². The minimum atomic E-state index is -0.653. The maximum Gasteiger partial charge on any atom is 0.354 e. The van der Waals surface area contributed by atoms with Crippen molar-refractivity contribution in [2.45, 2.75) is 51.2 Å². The van der Waals surface area contributed by atoms with E-state index in [-0.39, 0.29) is 12.0 Å². The third kappa shape index (κ3) is 4.47. The molecule has 36 heavy (non-hydrogen) atoms. The Morgan fingerprint density at radius 3 is 2.33 bits per heavy atom. The van der Waals surface area contributed by atoms with Crippen LogP contribution in [0.1, 0.15) is 50.8 Å². The molecule has 3 atom stereocenters. The molecule has 0 amide bonds. The van der Waals surface area contributed by atoms with Gasteiger partial charge < -0.3 is 15.0 Å². The molecular weight excluding hydrogens is 517 g/mol. The number of allylic oxidation sites excluding steroid dienone is 1. The lowest BCUT2D eigenvalue weighted by atomic mass is 9.81. The van der Waals surface area contributed by atoms with Gasteiger partial charge >= 0.3 is 11.9 Å². The van der Waals surface area contributed by atoms with Crippen molar-refractivity contribution in [1.82, 2.24) is 10.2 Å². The highest BCUT2D eigenvalue weighted by Gasteiger charge is 2.53. The number of ether oxygens (including phenoxy) is 1. The lowest BCUT2D eigenvalue weighted by molar-refractivity contribution is -0.157. The van der Waals surface area contributed by atoms with E-state index in [1.54, 1.807) is 0 Å². The summed E-state index contributed by atoms with van der Waals surface area (Å²) in [5, 5.41) is 5.09. The van der Waals surface area contributed by atoms with E-state index in [2.05, 4.69) is 17.1 Å². The minimum Gasteiger partial charge on any atom is -0.388 e. The van der Waals surface area contributed by atoms with Crippen molar-refractivity contribution in [3.63, 3.8) is 0 Å². The van der Waals surface area contributed by atoms with Crippen LogP contribution in [-0.2, 0) is 19.9 Å². The Labute approximate surface area is 225 Å². The number of halogens is 2. The number of thioether (sulfide) groups is 1. The summed E-state index contributed by atoms with van der Waals surface area (Å²) >= 11 is 13.7. The third-order valence-electron chi connectivity index (χ3n) is 6.89. The molecule has 0 radical (unpaired) electrons. The van der Waals surface area contributed by atoms with Crippen molar-refractivity contribution in [1.29, 1.82) is 0 Å². The molecule has 9 heteroatoms. The second-order valence-electron chi connectivity index (χ2n) is 9.70. The molecule has 3 aliphatic heterocycles. The van der Waals surface area contributed by atoms with E-state index in [4.69, 9.17) is 32.9 Å². The summed E-state index contributed by atoms with van der Waals surface area (Å²) in [6.07, 6.45) is 1.56. The van der Waals surface area contributed by atoms with Gasteiger partial charge in [-0.25, -0.2) is 14.6 Å². The first-order chi connectivity index (χ1) is 17.2. The van der Waals surface area contributed by atoms with Crippen molar-refractivity contribution in [2.75, 3.05) is 6.54 Å². The smallest absolute Gasteiger partial charge is 0.354 e. The number of nitrogens with one attached hydrogen (secondary N) is 1. The van der Waals surface area contributed by atoms with E-state index in [0.717, 1.165) is 29.8 Å². The van der Waals surface area contributed by atoms with Crippen molar-refractivity contribution in [3.05, 3.63) is 80.3 Å². The first kappa shape index (κ1) is 25.3. The average Bonchev–Trinajstić information content (AvgIpc) is 3.55. The Bertz CT molecular complexity index is 1250. The Hall–Kier alpha value is -2.32. The quantitative estimate of drug-likeness (QED) is 0.365. The molecule has 0 aliphatic carbocycles. The highest BCUT2D eigenvalue weighted by atomic mass is 35.5. The number of esters is 2. The lowest BCUT2D eigenvalue weighted by Gasteiger charge is -2.37. The summed E-state index contributed by atoms with van der Waals surface area (Å²) in [6, 6.07) is 14.7. The second-order valence-corrected chi connectivity index (χ2v) is 11.6. The zero-order chi connectivity index (χ0) is 25.6. The molecule has 3 heterocycles. The van der Waals surface area contributed by atoms with E-state index in [1.165, 1.54) is 11.8 Å². The van der Waals surface area contributed by atoms with Gasteiger partial charge in [0.15, 0.2) is 5.17 Å². The Morgan fingerprint density at radius 1 is 1.11 bits per heavy atom. The van der Waals surface area contributed by atoms with Crippen LogP contribution in [0.2, 0.25) is 10.0 Å². The molecular formula is C27H27Cl2N3O3S. The molecule has 2 aromatic carbocycles. The number of carbonyl (C=O) groups excluding carboxylic acids is 2. The predicted molar refractivity (Wildman–Crippen MR) is 144 cm³/mol. The standard InChI is InChI=1S/C27H27Cl2N3O3S/c1-15(2)21-22(25(34)35-24(33)20-5-4-14-30-20)36-26-31-27(3,17-8-12-19(29)13-9-17)23(32(21)26)16-6-10-18(28)11-7-16/h6-13,15,20,23,30H,4-5,14H2,1-3H3/t20-,23+,27-/m0/s1. The number of rotatable bonds is 5. The zero-order valence-electron chi connectivity index (χ0n) is 20.3. The molecule has 188 valence electrons. The fourth-order valence-corrected chi connectivity index (χ4v) is 6.69. The summed E-state index contributed by atoms with van der Waals surface area (Å²) in [7, 11) is 0. The molecule has 3 aliphatic rings. The highest BCUT2D eigenvalue weighted by Crippen LogP contribution is 2.56. The maximum absolute atomic E-state index is 13.3. The maximum atomic E-state index is 13.3. The average molecular weight is 545 g/mol. The summed E-state index contributed by atoms with van der Waals surface area (Å²) in [6.45, 7) is 6.90. The van der Waals surface area contributed by atoms with Gasteiger partial charge in [-0.2, -0.15) is 0 Å². The predicted octanol–water partition coefficient (Wildman–Crippen LogP) is 6.06. The van der Waals surface area contributed by atoms with Crippen molar-refractivity contribution in [3.8, 4) is 0 Å². The number of carbonyl (C=O) groups is 2. The van der Waals surface area contributed by atoms with E-state index in [9.17, 15) is 9.59 Å². The lowest BCUT2D eigenvalue weighted by Crippen LogP contribution is -2.36. The summed E-state index contributed by atoms with van der Waals surface area (Å²) in [5.74, 6) is -1.17. The monoisotopic (exact) mass is 543 g/mol. The molecule has 0 unspecified atom stereocenters. The first-order valence-corrected chi connectivity index (χ1v) is 13.6. The molecule has 1 saturated heterocycles. The number of amidine groups is 1. The molecule has 6 nitrogen and oxygen atoms in total. The van der Waals surface area contributed by atoms with Crippen molar-refractivity contribution >= 4 is 52.1 Å². The van der Waals surface area contributed by atoms with Crippen LogP contribution in [0.15, 0.2) is 64.1 Å². The zero-order valence-corrected chi connectivity index (χ0v) is 22.6. The fourth-order valence-electron chi connectivity index (χ4n) is 5.15. The van der Waals surface area contributed by atoms with Crippen LogP contribution in [0.3, 0.4) is 0 Å². The van der Waals surface area contributed by atoms with Crippen LogP contribution in [0.25, 0.3) is 0 Å². The van der Waals surface area contributed by atoms with Gasteiger partial charge in [0.25, 0.3) is 0 Å². The Kier molecular flexibility index (Phi) is 6.94. The fraction of sp³-hybridized carbons (Fsp3) is 0.370. The van der Waals surface area contributed by atoms with Crippen LogP contribution < -0.4 is 5.32 Å². The number of hydrogen-bond donors (Lipinski definition) is 1. The van der Waals surface area contributed by atoms with Gasteiger partial charge in [0.2, 0.25) is 0 Å². The number of hydrogen-bond acceptors (Lipinski definition) is 7. The van der Waals surface area contributed by atoms with E-state index >= 15 is 0 Å². The van der Waals surface area contributed by atoms with Gasteiger partial charge in [-0.1, -0.05) is 61.3 Å². The van der Waals surface area contributed by atoms with Crippen LogP contribution in [0, 0.1) is 5.92 Å². The van der Waals surface area contributed by atoms with Gasteiger partial charge in [-0.3, -0.25) is 0 Å². The van der Waals surface area contributed by atoms with E-state index < -0.39 is 23.5 Å². The van der Waals surface area contributed by atoms with Crippen LogP contribution in [0.4, 0.5) is 0 Å². The number of nitrogens with zero attached hydrogens (tertiary/aromatic N) is 2. The summed E-state index contributed by atoms with van der Waals surface area (Å²) < 4.78 is 5.34. The summed E-state index contributed by atoms with van der Waals surface area (Å²) in [4.78, 5) is 33.5. The topological polar surface area (TPSA) is 71.0 Å². The van der Waals surface area contributed by atoms with Crippen LogP contribution in [0.5, 0.6) is 0 Å². The third-order valence-corrected chi connectivity index (χ3v) is 8.45. The number of benzene rings is 2. The summed E-state index contributed by atoms with van der Waals surface area (Å²) in [5.41, 5.74) is 2.16. The van der Waals surface area contributed by atoms with Gasteiger partial charge in [-0.15, -0.1) is 0 Å². The molecule has 1 fully saturated rings. The number of aliphatic imine (C=N–C) groups is 1. The Balaban J connectivity index is 1.56. The van der Waals surface area contributed by atoms with Gasteiger partial charge in [0.05, 0.1) is 6.04 Å². The second kappa shape index (κ2) is 9.86. The van der Waals surface area contributed by atoms with Gasteiger partial charge in [0, 0.05) is 15.7 Å². The highest BCUT2D eigenvalue weighted by molar-refractivity contribution is 8.18. The first-order valence-electron chi connectivity index (χ1n) is 12.0. The molecule has 1 N–H and O–H groups in total. The van der Waals surface area contributed by atoms with E-state index in [0.29, 0.717) is 26.5 Å². The molecule has 0 saturated carbocycles. The van der Waals surface area contributed by atoms with Gasteiger partial charge in [-0.05, 0) is 79.4 Å². The van der Waals surface area contributed by atoms with Crippen LogP contribution in [-0.4, -0.2) is 34.6 Å². The largest absolute Gasteiger partial charge is 0.388 e. The minimum absolute atomic E-state index is 0.0187. The SMILES string of the molecule is CC(C)C1=C(C(=O)OC(=O)[C@@H]2CCCN2)SC2=N[C@@](C)(c3ccc(Cl)cc3)[C@@H](c3ccc(Cl)cc3)N21. The van der Waals surface area contributed by atoms with Gasteiger partial charge in [0.1, 0.15) is 16.5 Å². The molecule has 0 aromatic heterocycles. The van der Waals surface area contributed by atoms with E-state index in [1.807, 2.05) is 62.4 Å². The molecule has 2 aromatic rings. The Morgan fingerprint density at radius 2 is 1.75 bits per heavy atom. The van der Waals surface area contributed by atoms with Crippen LogP contribution >= 0.6 is 35.0 Å².